The molecule has 0 amide bonds. The molecule has 0 bridgehead atoms. The molecule has 0 aliphatic carbocycles. The summed E-state index contributed by atoms with van der Waals surface area (Å²) in [6.07, 6.45) is 5.45. The van der Waals surface area contributed by atoms with Crippen LogP contribution in [0.25, 0.3) is 22.6 Å². The zero-order valence-electron chi connectivity index (χ0n) is 24.0. The number of carbonyl (C=O) groups is 2. The highest BCUT2D eigenvalue weighted by Crippen LogP contribution is 2.33. The first-order valence-corrected chi connectivity index (χ1v) is 12.4. The Hall–Kier alpha value is -4.53. The average molecular weight is 555 g/mol. The zero-order chi connectivity index (χ0) is 30.0. The van der Waals surface area contributed by atoms with E-state index in [-0.39, 0.29) is 23.5 Å². The summed E-state index contributed by atoms with van der Waals surface area (Å²) in [6.45, 7) is 8.80. The van der Waals surface area contributed by atoms with Gasteiger partial charge < -0.3 is 18.9 Å². The van der Waals surface area contributed by atoms with E-state index in [1.165, 1.54) is 18.8 Å². The highest BCUT2D eigenvalue weighted by atomic mass is 16.5. The number of ether oxygens (including phenoxy) is 4. The maximum Gasteiger partial charge on any atom is 0.336 e. The second-order valence-electron chi connectivity index (χ2n) is 11.0. The summed E-state index contributed by atoms with van der Waals surface area (Å²) in [7, 11) is 2.96. The van der Waals surface area contributed by atoms with Crippen LogP contribution < -0.4 is 20.7 Å². The van der Waals surface area contributed by atoms with E-state index in [1.54, 1.807) is 59.7 Å². The van der Waals surface area contributed by atoms with Crippen molar-refractivity contribution < 1.29 is 28.5 Å². The Kier molecular flexibility index (Phi) is 8.48. The Balaban J connectivity index is 2.36. The molecular weight excluding hydrogens is 520 g/mol. The van der Waals surface area contributed by atoms with E-state index in [9.17, 15) is 19.2 Å². The van der Waals surface area contributed by atoms with Crippen molar-refractivity contribution in [1.82, 2.24) is 18.7 Å². The van der Waals surface area contributed by atoms with Gasteiger partial charge in [-0.25, -0.2) is 18.9 Å². The first-order valence-electron chi connectivity index (χ1n) is 12.4. The molecule has 0 saturated heterocycles. The summed E-state index contributed by atoms with van der Waals surface area (Å²) in [5.41, 5.74) is -2.92. The minimum Gasteiger partial charge on any atom is -0.493 e. The van der Waals surface area contributed by atoms with Gasteiger partial charge in [0.15, 0.2) is 36.1 Å². The molecule has 214 valence electrons. The molecule has 0 aliphatic rings. The van der Waals surface area contributed by atoms with Gasteiger partial charge in [-0.2, -0.15) is 0 Å². The van der Waals surface area contributed by atoms with Crippen LogP contribution in [0, 0.1) is 23.2 Å². The summed E-state index contributed by atoms with van der Waals surface area (Å²) in [5.74, 6) is 2.23. The molecule has 3 rings (SSSR count). The fraction of sp³-hybridized carbons (Fsp3) is 0.464. The summed E-state index contributed by atoms with van der Waals surface area (Å²) in [5, 5.41) is 0. The van der Waals surface area contributed by atoms with Crippen LogP contribution in [0.2, 0.25) is 0 Å². The van der Waals surface area contributed by atoms with Crippen molar-refractivity contribution >= 4 is 23.1 Å². The van der Waals surface area contributed by atoms with Gasteiger partial charge in [0, 0.05) is 5.56 Å². The molecule has 12 heteroatoms. The highest BCUT2D eigenvalue weighted by molar-refractivity contribution is 5.79. The van der Waals surface area contributed by atoms with Crippen molar-refractivity contribution in [3.63, 3.8) is 0 Å². The molecule has 3 aromatic rings. The van der Waals surface area contributed by atoms with Crippen molar-refractivity contribution in [2.24, 2.45) is 10.8 Å². The van der Waals surface area contributed by atoms with E-state index in [0.717, 1.165) is 9.13 Å². The third-order valence-corrected chi connectivity index (χ3v) is 5.88. The van der Waals surface area contributed by atoms with Crippen LogP contribution in [-0.2, 0) is 39.1 Å². The topological polar surface area (TPSA) is 133 Å². The molecule has 2 aromatic heterocycles. The van der Waals surface area contributed by atoms with Gasteiger partial charge in [0.05, 0.1) is 31.6 Å². The number of carbonyl (C=O) groups excluding carboxylic acids is 2. The maximum atomic E-state index is 13.6. The minimum atomic E-state index is -0.846. The molecule has 40 heavy (non-hydrogen) atoms. The lowest BCUT2D eigenvalue weighted by Crippen LogP contribution is -2.41. The largest absolute Gasteiger partial charge is 0.493 e. The molecule has 1 aromatic carbocycles. The fourth-order valence-corrected chi connectivity index (χ4v) is 3.64. The third kappa shape index (κ3) is 5.88. The van der Waals surface area contributed by atoms with Gasteiger partial charge in [-0.1, -0.05) is 5.92 Å². The predicted molar refractivity (Wildman–Crippen MR) is 147 cm³/mol. The molecule has 0 spiro atoms. The van der Waals surface area contributed by atoms with Gasteiger partial charge in [-0.15, -0.1) is 6.42 Å². The number of methoxy groups -OCH3 is 2. The summed E-state index contributed by atoms with van der Waals surface area (Å²) < 4.78 is 25.0. The van der Waals surface area contributed by atoms with Crippen molar-refractivity contribution in [1.29, 1.82) is 0 Å². The lowest BCUT2D eigenvalue weighted by molar-refractivity contribution is -0.157. The molecule has 0 saturated carbocycles. The van der Waals surface area contributed by atoms with Gasteiger partial charge in [0.2, 0.25) is 0 Å². The number of aromatic nitrogens is 4. The molecule has 0 fully saturated rings. The number of hydrogen-bond donors (Lipinski definition) is 0. The van der Waals surface area contributed by atoms with Crippen LogP contribution in [0.1, 0.15) is 41.5 Å². The van der Waals surface area contributed by atoms with E-state index < -0.39 is 47.5 Å². The Morgan fingerprint density at radius 1 is 0.875 bits per heavy atom. The number of nitrogens with zero attached hydrogens (tertiary/aromatic N) is 4. The molecular formula is C28H34N4O8. The highest BCUT2D eigenvalue weighted by Gasteiger charge is 2.28. The molecule has 0 aliphatic heterocycles. The summed E-state index contributed by atoms with van der Waals surface area (Å²) in [4.78, 5) is 56.8. The van der Waals surface area contributed by atoms with Crippen molar-refractivity contribution in [2.75, 3.05) is 14.2 Å². The van der Waals surface area contributed by atoms with Gasteiger partial charge >= 0.3 is 17.6 Å². The van der Waals surface area contributed by atoms with Crippen molar-refractivity contribution in [2.45, 2.75) is 61.5 Å². The Bertz CT molecular complexity index is 1610. The molecule has 0 radical (unpaired) electrons. The van der Waals surface area contributed by atoms with E-state index in [0.29, 0.717) is 17.1 Å². The average Bonchev–Trinajstić information content (AvgIpc) is 3.27. The quantitative estimate of drug-likeness (QED) is 0.304. The van der Waals surface area contributed by atoms with Crippen LogP contribution in [0.15, 0.2) is 27.8 Å². The van der Waals surface area contributed by atoms with Gasteiger partial charge in [0.1, 0.15) is 5.82 Å². The lowest BCUT2D eigenvalue weighted by atomic mass is 9.97. The van der Waals surface area contributed by atoms with E-state index in [1.807, 2.05) is 0 Å². The number of terminal acetylenes is 1. The predicted octanol–water partition coefficient (Wildman–Crippen LogP) is 2.77. The van der Waals surface area contributed by atoms with Crippen LogP contribution in [0.4, 0.5) is 0 Å². The second kappa shape index (κ2) is 11.3. The van der Waals surface area contributed by atoms with Crippen LogP contribution in [-0.4, -0.2) is 44.8 Å². The third-order valence-electron chi connectivity index (χ3n) is 5.88. The van der Waals surface area contributed by atoms with E-state index >= 15 is 0 Å². The number of esters is 2. The molecule has 12 nitrogen and oxygen atoms in total. The zero-order valence-corrected chi connectivity index (χ0v) is 24.0. The van der Waals surface area contributed by atoms with Gasteiger partial charge in [0.25, 0.3) is 5.56 Å². The standard InChI is InChI=1S/C28H34N4O8/c1-10-13-30-23(33)20-22(32(26(30)36)16-40-25(35)28(5,6)7)29-21(31(20)15-39-24(34)27(2,3)4)17-11-12-18(37-8)19(14-17)38-9/h1,11-12,14H,13,15-16H2,2-9H3. The number of imidazole rings is 1. The summed E-state index contributed by atoms with van der Waals surface area (Å²) in [6, 6.07) is 4.95. The van der Waals surface area contributed by atoms with E-state index in [2.05, 4.69) is 10.9 Å². The van der Waals surface area contributed by atoms with E-state index in [4.69, 9.17) is 25.4 Å². The van der Waals surface area contributed by atoms with Crippen LogP contribution in [0.5, 0.6) is 11.5 Å². The van der Waals surface area contributed by atoms with Crippen LogP contribution >= 0.6 is 0 Å². The SMILES string of the molecule is C#CCn1c(=O)c2c(nc(-c3ccc(OC)c(OC)c3)n2COC(=O)C(C)(C)C)n(COC(=O)C(C)(C)C)c1=O. The molecule has 2 heterocycles. The number of hydrogen-bond acceptors (Lipinski definition) is 9. The number of rotatable bonds is 8. The monoisotopic (exact) mass is 554 g/mol. The minimum absolute atomic E-state index is 0.0758. The second-order valence-corrected chi connectivity index (χ2v) is 11.0. The maximum absolute atomic E-state index is 13.6. The van der Waals surface area contributed by atoms with Crippen LogP contribution in [0.3, 0.4) is 0 Å². The number of benzene rings is 1. The molecule has 0 unspecified atom stereocenters. The van der Waals surface area contributed by atoms with Crippen molar-refractivity contribution in [3.05, 3.63) is 39.0 Å². The number of fused-ring (bicyclic) bond motifs is 1. The first kappa shape index (κ1) is 30.0. The van der Waals surface area contributed by atoms with Gasteiger partial charge in [-0.3, -0.25) is 19.0 Å². The van der Waals surface area contributed by atoms with Crippen molar-refractivity contribution in [3.8, 4) is 35.2 Å². The Morgan fingerprint density at radius 2 is 1.43 bits per heavy atom. The Labute approximate surface area is 231 Å². The van der Waals surface area contributed by atoms with Gasteiger partial charge in [-0.05, 0) is 59.7 Å². The molecule has 0 N–H and O–H groups in total. The first-order chi connectivity index (χ1) is 18.6. The lowest BCUT2D eigenvalue weighted by Gasteiger charge is -2.19. The normalized spacial score (nSPS) is 11.7. The Morgan fingerprint density at radius 3 is 1.93 bits per heavy atom. The summed E-state index contributed by atoms with van der Waals surface area (Å²) >= 11 is 0. The fourth-order valence-electron chi connectivity index (χ4n) is 3.64. The molecule has 0 atom stereocenters. The smallest absolute Gasteiger partial charge is 0.336 e.